The molecule has 9 heteroatoms. The van der Waals surface area contributed by atoms with Crippen molar-refractivity contribution in [3.05, 3.63) is 29.8 Å². The number of nitrogens with one attached hydrogen (secondary N) is 2. The average Bonchev–Trinajstić information content (AvgIpc) is 2.65. The Balaban J connectivity index is 0.00000364. The van der Waals surface area contributed by atoms with Crippen LogP contribution < -0.4 is 15.4 Å². The molecule has 1 saturated heterocycles. The quantitative estimate of drug-likeness (QED) is 0.237. The van der Waals surface area contributed by atoms with Crippen LogP contribution in [-0.4, -0.2) is 58.6 Å². The molecule has 0 spiro atoms. The lowest BCUT2D eigenvalue weighted by atomic mass is 10.1. The van der Waals surface area contributed by atoms with Gasteiger partial charge in [-0.2, -0.15) is 0 Å². The Morgan fingerprint density at radius 1 is 1.19 bits per heavy atom. The summed E-state index contributed by atoms with van der Waals surface area (Å²) in [5.74, 6) is -0.670. The Kier molecular flexibility index (Phi) is 12.3. The van der Waals surface area contributed by atoms with Crippen molar-refractivity contribution in [2.24, 2.45) is 4.99 Å². The molecule has 27 heavy (non-hydrogen) atoms. The maximum Gasteiger partial charge on any atom is 0.191 e. The molecule has 0 atom stereocenters. The largest absolute Gasteiger partial charge is 0.489 e. The van der Waals surface area contributed by atoms with Crippen molar-refractivity contribution in [3.63, 3.8) is 0 Å². The Hall–Kier alpha value is -1.20. The van der Waals surface area contributed by atoms with Gasteiger partial charge in [0.25, 0.3) is 0 Å². The predicted molar refractivity (Wildman–Crippen MR) is 111 cm³/mol. The van der Waals surface area contributed by atoms with E-state index < -0.39 is 11.6 Å². The van der Waals surface area contributed by atoms with Gasteiger partial charge in [0.1, 0.15) is 12.4 Å². The Bertz CT molecular complexity index is 573. The van der Waals surface area contributed by atoms with Crippen molar-refractivity contribution in [1.82, 2.24) is 10.6 Å². The summed E-state index contributed by atoms with van der Waals surface area (Å²) >= 11 is 0. The molecule has 1 aliphatic rings. The van der Waals surface area contributed by atoms with Gasteiger partial charge >= 0.3 is 0 Å². The molecule has 154 valence electrons. The molecule has 6 nitrogen and oxygen atoms in total. The van der Waals surface area contributed by atoms with Crippen LogP contribution in [0.15, 0.2) is 23.2 Å². The summed E-state index contributed by atoms with van der Waals surface area (Å²) in [6.07, 6.45) is 3.11. The molecule has 1 aromatic rings. The van der Waals surface area contributed by atoms with E-state index in [1.54, 1.807) is 7.05 Å². The van der Waals surface area contributed by atoms with Gasteiger partial charge in [0, 0.05) is 39.5 Å². The molecule has 0 bridgehead atoms. The van der Waals surface area contributed by atoms with Crippen molar-refractivity contribution >= 4 is 29.9 Å². The lowest BCUT2D eigenvalue weighted by molar-refractivity contribution is -0.0320. The van der Waals surface area contributed by atoms with Crippen molar-refractivity contribution in [2.75, 3.05) is 46.6 Å². The molecular weight excluding hydrogens is 471 g/mol. The summed E-state index contributed by atoms with van der Waals surface area (Å²) in [6.45, 7) is 3.66. The molecule has 0 amide bonds. The second-order valence-corrected chi connectivity index (χ2v) is 5.89. The van der Waals surface area contributed by atoms with E-state index in [-0.39, 0.29) is 36.3 Å². The first-order chi connectivity index (χ1) is 12.7. The minimum atomic E-state index is -0.711. The summed E-state index contributed by atoms with van der Waals surface area (Å²) in [7, 11) is 1.67. The monoisotopic (exact) mass is 499 g/mol. The number of hydrogen-bond acceptors (Lipinski definition) is 4. The third kappa shape index (κ3) is 9.52. The lowest BCUT2D eigenvalue weighted by Crippen LogP contribution is -2.40. The number of rotatable bonds is 9. The van der Waals surface area contributed by atoms with Gasteiger partial charge < -0.3 is 24.8 Å². The fourth-order valence-corrected chi connectivity index (χ4v) is 2.51. The van der Waals surface area contributed by atoms with E-state index in [2.05, 4.69) is 15.6 Å². The smallest absolute Gasteiger partial charge is 0.191 e. The lowest BCUT2D eigenvalue weighted by Gasteiger charge is -2.22. The zero-order chi connectivity index (χ0) is 18.6. The van der Waals surface area contributed by atoms with E-state index in [0.29, 0.717) is 25.2 Å². The molecule has 0 aliphatic carbocycles. The van der Waals surface area contributed by atoms with Gasteiger partial charge in [0.2, 0.25) is 0 Å². The third-order valence-corrected chi connectivity index (χ3v) is 3.91. The number of aliphatic imine (C=N–C) groups is 1. The summed E-state index contributed by atoms with van der Waals surface area (Å²) < 4.78 is 42.6. The maximum absolute atomic E-state index is 13.4. The zero-order valence-electron chi connectivity index (χ0n) is 15.5. The Morgan fingerprint density at radius 2 is 1.93 bits per heavy atom. The van der Waals surface area contributed by atoms with E-state index in [1.165, 1.54) is 6.07 Å². The first kappa shape index (κ1) is 23.8. The molecule has 1 heterocycles. The molecule has 0 unspecified atom stereocenters. The third-order valence-electron chi connectivity index (χ3n) is 3.91. The predicted octanol–water partition coefficient (Wildman–Crippen LogP) is 2.71. The number of hydrogen-bond donors (Lipinski definition) is 2. The van der Waals surface area contributed by atoms with Crippen LogP contribution in [0, 0.1) is 11.6 Å². The molecule has 0 aromatic heterocycles. The van der Waals surface area contributed by atoms with Crippen LogP contribution in [0.4, 0.5) is 8.78 Å². The summed E-state index contributed by atoms with van der Waals surface area (Å²) in [5.41, 5.74) is 0. The average molecular weight is 499 g/mol. The van der Waals surface area contributed by atoms with Crippen LogP contribution >= 0.6 is 24.0 Å². The highest BCUT2D eigenvalue weighted by Gasteiger charge is 2.13. The van der Waals surface area contributed by atoms with Gasteiger partial charge in [0.05, 0.1) is 12.6 Å². The van der Waals surface area contributed by atoms with E-state index in [4.69, 9.17) is 14.2 Å². The summed E-state index contributed by atoms with van der Waals surface area (Å²) in [4.78, 5) is 4.11. The van der Waals surface area contributed by atoms with E-state index in [1.807, 2.05) is 0 Å². The second kappa shape index (κ2) is 13.9. The normalized spacial score (nSPS) is 15.1. The van der Waals surface area contributed by atoms with Crippen molar-refractivity contribution in [1.29, 1.82) is 0 Å². The number of nitrogens with zero attached hydrogens (tertiary/aromatic N) is 1. The van der Waals surface area contributed by atoms with Gasteiger partial charge in [-0.3, -0.25) is 4.99 Å². The van der Waals surface area contributed by atoms with Gasteiger partial charge in [-0.25, -0.2) is 8.78 Å². The highest BCUT2D eigenvalue weighted by molar-refractivity contribution is 14.0. The molecule has 1 fully saturated rings. The topological polar surface area (TPSA) is 64.1 Å². The van der Waals surface area contributed by atoms with Gasteiger partial charge in [-0.1, -0.05) is 0 Å². The van der Waals surface area contributed by atoms with Crippen molar-refractivity contribution in [2.45, 2.75) is 25.4 Å². The van der Waals surface area contributed by atoms with E-state index in [9.17, 15) is 8.78 Å². The summed E-state index contributed by atoms with van der Waals surface area (Å²) in [6, 6.07) is 3.23. The first-order valence-electron chi connectivity index (χ1n) is 8.90. The molecule has 1 aliphatic heterocycles. The molecule has 2 N–H and O–H groups in total. The van der Waals surface area contributed by atoms with Crippen LogP contribution in [-0.2, 0) is 9.47 Å². The molecule has 0 saturated carbocycles. The van der Waals surface area contributed by atoms with Crippen molar-refractivity contribution < 1.29 is 23.0 Å². The number of guanidine groups is 1. The highest BCUT2D eigenvalue weighted by atomic mass is 127. The molecule has 2 rings (SSSR count). The summed E-state index contributed by atoms with van der Waals surface area (Å²) in [5, 5.41) is 6.25. The van der Waals surface area contributed by atoms with Crippen LogP contribution in [0.25, 0.3) is 0 Å². The standard InChI is InChI=1S/C18H27F2N3O3.HI/c1-21-18(22-7-2-9-25-15-5-10-24-11-6-15)23-8-12-26-17-4-3-14(19)13-16(17)20;/h3-4,13,15H,2,5-12H2,1H3,(H2,21,22,23);1H. The van der Waals surface area contributed by atoms with Crippen LogP contribution in [0.5, 0.6) is 5.75 Å². The number of halogens is 3. The molecular formula is C18H28F2IN3O3. The number of benzene rings is 1. The van der Waals surface area contributed by atoms with Crippen LogP contribution in [0.1, 0.15) is 19.3 Å². The Labute approximate surface area is 176 Å². The van der Waals surface area contributed by atoms with Gasteiger partial charge in [0.15, 0.2) is 17.5 Å². The maximum atomic E-state index is 13.4. The highest BCUT2D eigenvalue weighted by Crippen LogP contribution is 2.17. The zero-order valence-corrected chi connectivity index (χ0v) is 17.8. The fraction of sp³-hybridized carbons (Fsp3) is 0.611. The number of ether oxygens (including phenoxy) is 3. The van der Waals surface area contributed by atoms with Gasteiger partial charge in [-0.05, 0) is 31.4 Å². The fourth-order valence-electron chi connectivity index (χ4n) is 2.51. The SMILES string of the molecule is CN=C(NCCCOC1CCOCC1)NCCOc1ccc(F)cc1F.I. The van der Waals surface area contributed by atoms with Crippen molar-refractivity contribution in [3.8, 4) is 5.75 Å². The van der Waals surface area contributed by atoms with E-state index >= 15 is 0 Å². The van der Waals surface area contributed by atoms with Crippen LogP contribution in [0.3, 0.4) is 0 Å². The van der Waals surface area contributed by atoms with Gasteiger partial charge in [-0.15, -0.1) is 24.0 Å². The Morgan fingerprint density at radius 3 is 2.63 bits per heavy atom. The van der Waals surface area contributed by atoms with E-state index in [0.717, 1.165) is 51.2 Å². The minimum Gasteiger partial charge on any atom is -0.489 e. The molecule has 1 aromatic carbocycles. The minimum absolute atomic E-state index is 0. The first-order valence-corrected chi connectivity index (χ1v) is 8.90. The second-order valence-electron chi connectivity index (χ2n) is 5.89. The van der Waals surface area contributed by atoms with Crippen LogP contribution in [0.2, 0.25) is 0 Å². The molecule has 0 radical (unpaired) electrons.